The van der Waals surface area contributed by atoms with Gasteiger partial charge in [0.1, 0.15) is 18.6 Å². The van der Waals surface area contributed by atoms with E-state index in [0.29, 0.717) is 28.7 Å². The number of benzene rings is 2. The predicted octanol–water partition coefficient (Wildman–Crippen LogP) is 3.74. The standard InChI is InChI=1S/C17H15NO6/c1-11-7-13(9-19)8-12(2)16(11)24-17(20)23-10-14-5-3-4-6-15(14)18(21)22/h3-9H,10H2,1-2H3. The number of aldehydes is 1. The molecule has 0 aliphatic carbocycles. The number of carbonyl (C=O) groups excluding carboxylic acids is 2. The van der Waals surface area contributed by atoms with Gasteiger partial charge >= 0.3 is 6.16 Å². The lowest BCUT2D eigenvalue weighted by atomic mass is 10.1. The van der Waals surface area contributed by atoms with Crippen LogP contribution in [-0.2, 0) is 11.3 Å². The zero-order chi connectivity index (χ0) is 17.7. The smallest absolute Gasteiger partial charge is 0.429 e. The molecule has 0 saturated heterocycles. The Balaban J connectivity index is 2.07. The maximum atomic E-state index is 11.8. The fourth-order valence-electron chi connectivity index (χ4n) is 2.27. The number of para-hydroxylation sites is 1. The molecular formula is C17H15NO6. The van der Waals surface area contributed by atoms with Gasteiger partial charge in [-0.05, 0) is 43.2 Å². The van der Waals surface area contributed by atoms with Crippen LogP contribution in [0.15, 0.2) is 36.4 Å². The molecule has 7 heteroatoms. The minimum atomic E-state index is -0.974. The number of nitro benzene ring substituents is 1. The summed E-state index contributed by atoms with van der Waals surface area (Å²) >= 11 is 0. The number of aryl methyl sites for hydroxylation is 2. The van der Waals surface area contributed by atoms with E-state index in [-0.39, 0.29) is 17.9 Å². The van der Waals surface area contributed by atoms with Gasteiger partial charge in [-0.3, -0.25) is 14.9 Å². The van der Waals surface area contributed by atoms with Crippen LogP contribution in [0, 0.1) is 24.0 Å². The third-order valence-corrected chi connectivity index (χ3v) is 3.34. The lowest BCUT2D eigenvalue weighted by Crippen LogP contribution is -2.12. The Bertz CT molecular complexity index is 776. The molecule has 0 fully saturated rings. The molecule has 0 atom stereocenters. The summed E-state index contributed by atoms with van der Waals surface area (Å²) in [6.45, 7) is 3.12. The van der Waals surface area contributed by atoms with Gasteiger partial charge in [-0.15, -0.1) is 0 Å². The van der Waals surface area contributed by atoms with Crippen LogP contribution < -0.4 is 4.74 Å². The molecule has 0 N–H and O–H groups in total. The van der Waals surface area contributed by atoms with E-state index < -0.39 is 11.1 Å². The highest BCUT2D eigenvalue weighted by atomic mass is 16.7. The van der Waals surface area contributed by atoms with E-state index in [1.807, 2.05) is 0 Å². The molecule has 0 aliphatic rings. The van der Waals surface area contributed by atoms with Crippen LogP contribution in [0.25, 0.3) is 0 Å². The Morgan fingerprint density at radius 2 is 1.83 bits per heavy atom. The third-order valence-electron chi connectivity index (χ3n) is 3.34. The second-order valence-electron chi connectivity index (χ2n) is 5.13. The van der Waals surface area contributed by atoms with Gasteiger partial charge in [0.15, 0.2) is 0 Å². The van der Waals surface area contributed by atoms with E-state index in [1.165, 1.54) is 18.2 Å². The highest BCUT2D eigenvalue weighted by Crippen LogP contribution is 2.25. The van der Waals surface area contributed by atoms with E-state index in [4.69, 9.17) is 9.47 Å². The Labute approximate surface area is 138 Å². The predicted molar refractivity (Wildman–Crippen MR) is 85.2 cm³/mol. The van der Waals surface area contributed by atoms with Crippen LogP contribution in [0.1, 0.15) is 27.0 Å². The van der Waals surface area contributed by atoms with Crippen molar-refractivity contribution >= 4 is 18.1 Å². The van der Waals surface area contributed by atoms with Gasteiger partial charge in [-0.1, -0.05) is 12.1 Å². The van der Waals surface area contributed by atoms with Gasteiger partial charge < -0.3 is 9.47 Å². The summed E-state index contributed by atoms with van der Waals surface area (Å²) in [7, 11) is 0. The van der Waals surface area contributed by atoms with Crippen molar-refractivity contribution in [2.24, 2.45) is 0 Å². The molecular weight excluding hydrogens is 314 g/mol. The van der Waals surface area contributed by atoms with Crippen LogP contribution in [-0.4, -0.2) is 17.4 Å². The summed E-state index contributed by atoms with van der Waals surface area (Å²) in [5.41, 5.74) is 1.84. The quantitative estimate of drug-likeness (QED) is 0.272. The Hall–Kier alpha value is -3.22. The van der Waals surface area contributed by atoms with Crippen molar-refractivity contribution < 1.29 is 24.0 Å². The second kappa shape index (κ2) is 7.36. The molecule has 2 aromatic rings. The van der Waals surface area contributed by atoms with Crippen molar-refractivity contribution in [1.82, 2.24) is 0 Å². The number of nitro groups is 1. The first-order valence-corrected chi connectivity index (χ1v) is 7.05. The molecule has 2 aromatic carbocycles. The number of nitrogens with zero attached hydrogens (tertiary/aromatic N) is 1. The van der Waals surface area contributed by atoms with Crippen LogP contribution in [0.3, 0.4) is 0 Å². The normalized spacial score (nSPS) is 10.1. The topological polar surface area (TPSA) is 95.7 Å². The minimum absolute atomic E-state index is 0.131. The average Bonchev–Trinajstić information content (AvgIpc) is 2.56. The first-order valence-electron chi connectivity index (χ1n) is 7.05. The molecule has 2 rings (SSSR count). The van der Waals surface area contributed by atoms with Crippen LogP contribution in [0.5, 0.6) is 5.75 Å². The number of hydrogen-bond acceptors (Lipinski definition) is 6. The number of carbonyl (C=O) groups is 2. The second-order valence-corrected chi connectivity index (χ2v) is 5.13. The molecule has 0 heterocycles. The first-order chi connectivity index (χ1) is 11.4. The summed E-state index contributed by atoms with van der Waals surface area (Å²) in [6, 6.07) is 9.15. The molecule has 24 heavy (non-hydrogen) atoms. The maximum Gasteiger partial charge on any atom is 0.514 e. The molecule has 7 nitrogen and oxygen atoms in total. The van der Waals surface area contributed by atoms with E-state index in [9.17, 15) is 19.7 Å². The van der Waals surface area contributed by atoms with E-state index >= 15 is 0 Å². The van der Waals surface area contributed by atoms with Crippen molar-refractivity contribution in [3.8, 4) is 5.75 Å². The molecule has 124 valence electrons. The summed E-state index contributed by atoms with van der Waals surface area (Å²) in [4.78, 5) is 33.0. The molecule has 0 bridgehead atoms. The lowest BCUT2D eigenvalue weighted by Gasteiger charge is -2.11. The van der Waals surface area contributed by atoms with Crippen molar-refractivity contribution in [2.75, 3.05) is 0 Å². The molecule has 0 saturated carbocycles. The van der Waals surface area contributed by atoms with Gasteiger partial charge in [0, 0.05) is 11.6 Å². The van der Waals surface area contributed by atoms with Crippen molar-refractivity contribution in [3.05, 3.63) is 68.8 Å². The Kier molecular flexibility index (Phi) is 5.26. The average molecular weight is 329 g/mol. The minimum Gasteiger partial charge on any atom is -0.429 e. The van der Waals surface area contributed by atoms with Gasteiger partial charge in [0.25, 0.3) is 5.69 Å². The number of hydrogen-bond donors (Lipinski definition) is 0. The number of rotatable bonds is 5. The molecule has 0 amide bonds. The molecule has 0 aromatic heterocycles. The molecule has 0 radical (unpaired) electrons. The maximum absolute atomic E-state index is 11.8. The summed E-state index contributed by atoms with van der Waals surface area (Å²) in [5.74, 6) is 0.299. The summed E-state index contributed by atoms with van der Waals surface area (Å²) < 4.78 is 10.1. The van der Waals surface area contributed by atoms with Crippen LogP contribution in [0.2, 0.25) is 0 Å². The van der Waals surface area contributed by atoms with E-state index in [2.05, 4.69) is 0 Å². The molecule has 0 unspecified atom stereocenters. The van der Waals surface area contributed by atoms with Crippen molar-refractivity contribution in [2.45, 2.75) is 20.5 Å². The van der Waals surface area contributed by atoms with Gasteiger partial charge in [0.2, 0.25) is 0 Å². The van der Waals surface area contributed by atoms with Crippen LogP contribution >= 0.6 is 0 Å². The van der Waals surface area contributed by atoms with E-state index in [1.54, 1.807) is 32.0 Å². The Morgan fingerprint density at radius 3 is 2.42 bits per heavy atom. The third kappa shape index (κ3) is 3.95. The molecule has 0 aliphatic heterocycles. The highest BCUT2D eigenvalue weighted by Gasteiger charge is 2.16. The zero-order valence-corrected chi connectivity index (χ0v) is 13.1. The SMILES string of the molecule is Cc1cc(C=O)cc(C)c1OC(=O)OCc1ccccc1[N+](=O)[O-]. The van der Waals surface area contributed by atoms with Gasteiger partial charge in [0.05, 0.1) is 10.5 Å². The van der Waals surface area contributed by atoms with Gasteiger partial charge in [-0.25, -0.2) is 4.79 Å². The molecule has 0 spiro atoms. The van der Waals surface area contributed by atoms with Crippen LogP contribution in [0.4, 0.5) is 10.5 Å². The zero-order valence-electron chi connectivity index (χ0n) is 13.1. The summed E-state index contributed by atoms with van der Waals surface area (Å²) in [6.07, 6.45) is -0.269. The fraction of sp³-hybridized carbons (Fsp3) is 0.176. The van der Waals surface area contributed by atoms with Crippen molar-refractivity contribution in [3.63, 3.8) is 0 Å². The largest absolute Gasteiger partial charge is 0.514 e. The first kappa shape index (κ1) is 17.1. The fourth-order valence-corrected chi connectivity index (χ4v) is 2.27. The van der Waals surface area contributed by atoms with E-state index in [0.717, 1.165) is 0 Å². The Morgan fingerprint density at radius 1 is 1.21 bits per heavy atom. The number of ether oxygens (including phenoxy) is 2. The monoisotopic (exact) mass is 329 g/mol. The van der Waals surface area contributed by atoms with Crippen molar-refractivity contribution in [1.29, 1.82) is 0 Å². The van der Waals surface area contributed by atoms with Gasteiger partial charge in [-0.2, -0.15) is 0 Å². The summed E-state index contributed by atoms with van der Waals surface area (Å²) in [5, 5.41) is 10.9. The lowest BCUT2D eigenvalue weighted by molar-refractivity contribution is -0.385. The highest BCUT2D eigenvalue weighted by molar-refractivity contribution is 5.77.